The van der Waals surface area contributed by atoms with Crippen molar-refractivity contribution in [2.24, 2.45) is 5.92 Å². The van der Waals surface area contributed by atoms with Crippen molar-refractivity contribution in [3.63, 3.8) is 0 Å². The highest BCUT2D eigenvalue weighted by atomic mass is 35.5. The van der Waals surface area contributed by atoms with Crippen molar-refractivity contribution in [1.82, 2.24) is 30.2 Å². The van der Waals surface area contributed by atoms with Crippen LogP contribution in [0.3, 0.4) is 0 Å². The molecule has 0 saturated heterocycles. The molecule has 2 aromatic carbocycles. The number of esters is 2. The second-order valence-corrected chi connectivity index (χ2v) is 9.76. The smallest absolute Gasteiger partial charge is 0.361 e. The van der Waals surface area contributed by atoms with Crippen LogP contribution in [0.2, 0.25) is 5.15 Å². The predicted molar refractivity (Wildman–Crippen MR) is 146 cm³/mol. The fourth-order valence-corrected chi connectivity index (χ4v) is 4.34. The monoisotopic (exact) mass is 550 g/mol. The fraction of sp³-hybridized carbons (Fsp3) is 0.357. The van der Waals surface area contributed by atoms with Crippen molar-refractivity contribution in [2.45, 2.75) is 59.8 Å². The number of tetrazole rings is 1. The van der Waals surface area contributed by atoms with Gasteiger partial charge in [0.05, 0.1) is 5.92 Å². The third-order valence-electron chi connectivity index (χ3n) is 6.10. The third kappa shape index (κ3) is 6.69. The van der Waals surface area contributed by atoms with Gasteiger partial charge in [0, 0.05) is 25.5 Å². The summed E-state index contributed by atoms with van der Waals surface area (Å²) in [6.07, 6.45) is 1.43. The van der Waals surface area contributed by atoms with Gasteiger partial charge in [-0.05, 0) is 28.3 Å². The minimum absolute atomic E-state index is 0.0548. The molecule has 0 fully saturated rings. The van der Waals surface area contributed by atoms with Gasteiger partial charge in [-0.25, -0.2) is 9.78 Å². The molecule has 204 valence electrons. The van der Waals surface area contributed by atoms with Gasteiger partial charge in [-0.1, -0.05) is 87.3 Å². The summed E-state index contributed by atoms with van der Waals surface area (Å²) in [5, 5.41) is 14.4. The lowest BCUT2D eigenvalue weighted by Gasteiger charge is -2.17. The first-order valence-electron chi connectivity index (χ1n) is 12.9. The van der Waals surface area contributed by atoms with Crippen molar-refractivity contribution in [3.05, 3.63) is 70.8 Å². The number of imidazole rings is 1. The Kier molecular flexibility index (Phi) is 9.08. The number of carbonyl (C=O) groups is 2. The molecule has 4 rings (SSSR count). The van der Waals surface area contributed by atoms with E-state index in [1.54, 1.807) is 18.4 Å². The average molecular weight is 551 g/mol. The number of ether oxygens (including phenoxy) is 2. The second-order valence-electron chi connectivity index (χ2n) is 9.40. The number of carbonyl (C=O) groups excluding carboxylic acids is 2. The Hall–Kier alpha value is -4.05. The van der Waals surface area contributed by atoms with E-state index in [9.17, 15) is 9.59 Å². The Labute approximate surface area is 231 Å². The van der Waals surface area contributed by atoms with E-state index >= 15 is 0 Å². The molecule has 39 heavy (non-hydrogen) atoms. The van der Waals surface area contributed by atoms with Crippen LogP contribution < -0.4 is 0 Å². The Balaban J connectivity index is 1.60. The van der Waals surface area contributed by atoms with Crippen LogP contribution in [0.4, 0.5) is 0 Å². The van der Waals surface area contributed by atoms with Gasteiger partial charge in [0.2, 0.25) is 12.1 Å². The first-order valence-corrected chi connectivity index (χ1v) is 13.2. The number of unbranched alkanes of at least 4 members (excludes halogenated alkanes) is 1. The number of nitrogens with zero attached hydrogens (tertiary/aromatic N) is 5. The zero-order chi connectivity index (χ0) is 27.9. The van der Waals surface area contributed by atoms with E-state index in [0.29, 0.717) is 24.6 Å². The summed E-state index contributed by atoms with van der Waals surface area (Å²) in [7, 11) is 0. The van der Waals surface area contributed by atoms with E-state index < -0.39 is 18.2 Å². The molecule has 2 heterocycles. The molecule has 0 radical (unpaired) electrons. The number of halogens is 1. The molecule has 0 aliphatic rings. The number of H-pyrrole nitrogens is 1. The van der Waals surface area contributed by atoms with Crippen LogP contribution in [0.1, 0.15) is 62.4 Å². The quantitative estimate of drug-likeness (QED) is 0.192. The summed E-state index contributed by atoms with van der Waals surface area (Å²) in [5.74, 6) is -0.306. The lowest BCUT2D eigenvalue weighted by atomic mass is 9.98. The molecular formula is C28H31ClN6O4. The van der Waals surface area contributed by atoms with Gasteiger partial charge >= 0.3 is 11.9 Å². The number of hydrogen-bond donors (Lipinski definition) is 1. The van der Waals surface area contributed by atoms with E-state index in [1.807, 2.05) is 48.5 Å². The van der Waals surface area contributed by atoms with E-state index in [-0.39, 0.29) is 16.8 Å². The number of hydrogen-bond acceptors (Lipinski definition) is 8. The summed E-state index contributed by atoms with van der Waals surface area (Å²) < 4.78 is 12.4. The molecule has 10 nitrogen and oxygen atoms in total. The lowest BCUT2D eigenvalue weighted by Crippen LogP contribution is -2.25. The van der Waals surface area contributed by atoms with Gasteiger partial charge in [0.1, 0.15) is 5.82 Å². The van der Waals surface area contributed by atoms with Crippen molar-refractivity contribution in [2.75, 3.05) is 0 Å². The van der Waals surface area contributed by atoms with Crippen LogP contribution >= 0.6 is 11.6 Å². The van der Waals surface area contributed by atoms with Gasteiger partial charge in [-0.15, -0.1) is 10.2 Å². The molecular weight excluding hydrogens is 520 g/mol. The third-order valence-corrected chi connectivity index (χ3v) is 6.36. The van der Waals surface area contributed by atoms with E-state index in [2.05, 4.69) is 32.5 Å². The van der Waals surface area contributed by atoms with Gasteiger partial charge in [-0.3, -0.25) is 4.79 Å². The van der Waals surface area contributed by atoms with Crippen molar-refractivity contribution in [1.29, 1.82) is 0 Å². The van der Waals surface area contributed by atoms with Crippen LogP contribution in [-0.4, -0.2) is 48.4 Å². The predicted octanol–water partition coefficient (Wildman–Crippen LogP) is 5.48. The maximum Gasteiger partial charge on any atom is 0.361 e. The van der Waals surface area contributed by atoms with Crippen LogP contribution in [0.15, 0.2) is 48.5 Å². The zero-order valence-electron chi connectivity index (χ0n) is 22.3. The van der Waals surface area contributed by atoms with E-state index in [4.69, 9.17) is 21.1 Å². The van der Waals surface area contributed by atoms with Gasteiger partial charge in [-0.2, -0.15) is 5.21 Å². The summed E-state index contributed by atoms with van der Waals surface area (Å²) in [6, 6.07) is 15.8. The van der Waals surface area contributed by atoms with E-state index in [1.165, 1.54) is 6.92 Å². The van der Waals surface area contributed by atoms with Gasteiger partial charge < -0.3 is 14.0 Å². The summed E-state index contributed by atoms with van der Waals surface area (Å²) in [5.41, 5.74) is 3.88. The molecule has 1 unspecified atom stereocenters. The molecule has 4 aromatic rings. The Morgan fingerprint density at radius 3 is 2.38 bits per heavy atom. The average Bonchev–Trinajstić information content (AvgIpc) is 3.56. The number of benzene rings is 2. The Morgan fingerprint density at radius 2 is 1.74 bits per heavy atom. The highest BCUT2D eigenvalue weighted by Gasteiger charge is 2.26. The number of nitrogens with one attached hydrogen (secondary N) is 1. The minimum Gasteiger partial charge on any atom is -0.425 e. The van der Waals surface area contributed by atoms with Gasteiger partial charge in [0.15, 0.2) is 10.8 Å². The summed E-state index contributed by atoms with van der Waals surface area (Å²) >= 11 is 6.44. The highest BCUT2D eigenvalue weighted by molar-refractivity contribution is 6.32. The van der Waals surface area contributed by atoms with Crippen molar-refractivity contribution >= 4 is 23.5 Å². The molecule has 0 aliphatic heterocycles. The van der Waals surface area contributed by atoms with E-state index in [0.717, 1.165) is 35.1 Å². The first kappa shape index (κ1) is 28.0. The van der Waals surface area contributed by atoms with Crippen LogP contribution in [0.25, 0.3) is 22.5 Å². The lowest BCUT2D eigenvalue weighted by molar-refractivity contribution is -0.169. The molecule has 1 atom stereocenters. The second kappa shape index (κ2) is 12.7. The molecule has 0 aliphatic carbocycles. The maximum absolute atomic E-state index is 13.1. The molecule has 1 N–H and O–H groups in total. The molecule has 11 heteroatoms. The Morgan fingerprint density at radius 1 is 1.03 bits per heavy atom. The molecule has 0 amide bonds. The van der Waals surface area contributed by atoms with Crippen LogP contribution in [0.5, 0.6) is 0 Å². The van der Waals surface area contributed by atoms with Crippen molar-refractivity contribution in [3.8, 4) is 22.5 Å². The Bertz CT molecular complexity index is 1420. The van der Waals surface area contributed by atoms with Crippen LogP contribution in [-0.2, 0) is 27.2 Å². The number of aryl methyl sites for hydroxylation is 1. The fourth-order valence-electron chi connectivity index (χ4n) is 4.07. The molecule has 0 bridgehead atoms. The molecule has 2 aromatic heterocycles. The maximum atomic E-state index is 13.1. The SMILES string of the molecule is CCCCc1nc(Cl)c(C(=O)OC(C)OC(=O)C(C)C)n1Cc1ccc(-c2ccccc2-c2nn[nH]n2)cc1. The molecule has 0 spiro atoms. The topological polar surface area (TPSA) is 125 Å². The number of rotatable bonds is 11. The van der Waals surface area contributed by atoms with Crippen molar-refractivity contribution < 1.29 is 19.1 Å². The highest BCUT2D eigenvalue weighted by Crippen LogP contribution is 2.30. The largest absolute Gasteiger partial charge is 0.425 e. The zero-order valence-corrected chi connectivity index (χ0v) is 23.1. The normalized spacial score (nSPS) is 11.9. The minimum atomic E-state index is -1.07. The standard InChI is InChI=1S/C28H31ClN6O4/c1-5-6-11-23-30-25(29)24(28(37)39-18(4)38-27(36)17(2)3)35(23)16-19-12-14-20(15-13-19)21-9-7-8-10-22(21)26-31-33-34-32-26/h7-10,12-15,17-18H,5-6,11,16H2,1-4H3,(H,31,32,33,34). The first-order chi connectivity index (χ1) is 18.8. The molecule has 0 saturated carbocycles. The van der Waals surface area contributed by atoms with Gasteiger partial charge in [0.25, 0.3) is 0 Å². The van der Waals surface area contributed by atoms with Crippen LogP contribution in [0, 0.1) is 5.92 Å². The number of aromatic nitrogens is 6. The summed E-state index contributed by atoms with van der Waals surface area (Å²) in [4.78, 5) is 29.5. The number of aromatic amines is 1. The summed E-state index contributed by atoms with van der Waals surface area (Å²) in [6.45, 7) is 7.35.